The second-order valence-corrected chi connectivity index (χ2v) is 6.17. The van der Waals surface area contributed by atoms with Gasteiger partial charge in [-0.15, -0.1) is 0 Å². The zero-order valence-electron chi connectivity index (χ0n) is 13.1. The summed E-state index contributed by atoms with van der Waals surface area (Å²) in [6.07, 6.45) is 2.38. The van der Waals surface area contributed by atoms with Crippen LogP contribution < -0.4 is 0 Å². The summed E-state index contributed by atoms with van der Waals surface area (Å²) in [7, 11) is 4.03. The van der Waals surface area contributed by atoms with Crippen molar-refractivity contribution in [2.24, 2.45) is 11.8 Å². The molecule has 6 nitrogen and oxygen atoms in total. The Morgan fingerprint density at radius 1 is 1.45 bits per heavy atom. The van der Waals surface area contributed by atoms with Crippen LogP contribution in [0.5, 0.6) is 0 Å². The fourth-order valence-electron chi connectivity index (χ4n) is 3.03. The van der Waals surface area contributed by atoms with Gasteiger partial charge < -0.3 is 14.9 Å². The highest BCUT2D eigenvalue weighted by atomic mass is 16.3. The molecule has 0 radical (unpaired) electrons. The smallest absolute Gasteiger partial charge is 0.255 e. The number of nitrogens with zero attached hydrogens (tertiary/aromatic N) is 4. The van der Waals surface area contributed by atoms with Gasteiger partial charge >= 0.3 is 0 Å². The number of nitriles is 1. The van der Waals surface area contributed by atoms with Crippen molar-refractivity contribution in [2.45, 2.75) is 6.42 Å². The normalized spacial score (nSPS) is 21.7. The van der Waals surface area contributed by atoms with Gasteiger partial charge in [0.15, 0.2) is 0 Å². The molecule has 2 atom stereocenters. The van der Waals surface area contributed by atoms with Crippen molar-refractivity contribution in [1.82, 2.24) is 14.8 Å². The second-order valence-electron chi connectivity index (χ2n) is 6.17. The van der Waals surface area contributed by atoms with E-state index in [9.17, 15) is 9.90 Å². The van der Waals surface area contributed by atoms with E-state index < -0.39 is 0 Å². The van der Waals surface area contributed by atoms with Gasteiger partial charge in [0.1, 0.15) is 11.8 Å². The molecule has 0 saturated carbocycles. The second kappa shape index (κ2) is 7.34. The number of hydrogen-bond donors (Lipinski definition) is 1. The Morgan fingerprint density at radius 2 is 2.18 bits per heavy atom. The number of piperidine rings is 1. The Bertz CT molecular complexity index is 550. The van der Waals surface area contributed by atoms with Crippen LogP contribution in [0.25, 0.3) is 0 Å². The molecule has 1 aliphatic heterocycles. The van der Waals surface area contributed by atoms with E-state index in [2.05, 4.69) is 9.88 Å². The number of likely N-dealkylation sites (tertiary alicyclic amines) is 1. The molecule has 0 bridgehead atoms. The molecule has 2 rings (SSSR count). The van der Waals surface area contributed by atoms with Crippen molar-refractivity contribution in [3.8, 4) is 6.07 Å². The Balaban J connectivity index is 2.10. The van der Waals surface area contributed by atoms with Crippen LogP contribution in [-0.2, 0) is 0 Å². The van der Waals surface area contributed by atoms with E-state index >= 15 is 0 Å². The summed E-state index contributed by atoms with van der Waals surface area (Å²) in [5.74, 6) is 0.393. The van der Waals surface area contributed by atoms with Crippen molar-refractivity contribution in [3.05, 3.63) is 29.6 Å². The average molecular weight is 302 g/mol. The molecule has 1 saturated heterocycles. The van der Waals surface area contributed by atoms with Gasteiger partial charge in [0.2, 0.25) is 0 Å². The average Bonchev–Trinajstić information content (AvgIpc) is 2.53. The lowest BCUT2D eigenvalue weighted by Gasteiger charge is -2.38. The number of aliphatic hydroxyl groups is 1. The minimum absolute atomic E-state index is 0.0844. The van der Waals surface area contributed by atoms with Crippen LogP contribution >= 0.6 is 0 Å². The first-order chi connectivity index (χ1) is 10.5. The molecule has 1 amide bonds. The van der Waals surface area contributed by atoms with Crippen LogP contribution in [0.4, 0.5) is 0 Å². The van der Waals surface area contributed by atoms with E-state index in [0.717, 1.165) is 13.0 Å². The third-order valence-electron chi connectivity index (χ3n) is 3.92. The zero-order chi connectivity index (χ0) is 16.1. The molecular weight excluding hydrogens is 280 g/mol. The van der Waals surface area contributed by atoms with Crippen molar-refractivity contribution >= 4 is 5.91 Å². The lowest BCUT2D eigenvalue weighted by Crippen LogP contribution is -2.47. The summed E-state index contributed by atoms with van der Waals surface area (Å²) in [5, 5.41) is 18.2. The van der Waals surface area contributed by atoms with Crippen molar-refractivity contribution in [2.75, 3.05) is 40.3 Å². The molecule has 2 heterocycles. The van der Waals surface area contributed by atoms with E-state index in [1.54, 1.807) is 17.0 Å². The molecule has 22 heavy (non-hydrogen) atoms. The highest BCUT2D eigenvalue weighted by Gasteiger charge is 2.30. The number of aromatic nitrogens is 1. The van der Waals surface area contributed by atoms with Gasteiger partial charge in [0.25, 0.3) is 5.91 Å². The molecule has 1 aliphatic rings. The van der Waals surface area contributed by atoms with Crippen molar-refractivity contribution < 1.29 is 9.90 Å². The molecule has 0 unspecified atom stereocenters. The summed E-state index contributed by atoms with van der Waals surface area (Å²) in [4.78, 5) is 20.5. The minimum Gasteiger partial charge on any atom is -0.396 e. The Labute approximate surface area is 131 Å². The first-order valence-electron chi connectivity index (χ1n) is 7.44. The van der Waals surface area contributed by atoms with Gasteiger partial charge in [0, 0.05) is 32.4 Å². The van der Waals surface area contributed by atoms with Crippen LogP contribution in [0, 0.1) is 23.2 Å². The Kier molecular flexibility index (Phi) is 5.47. The number of carbonyl (C=O) groups excluding carboxylic acids is 1. The standard InChI is InChI=1S/C16H22N4O2/c1-19(2)8-12-5-13(11-21)10-20(9-12)16(22)14-3-4-15(6-17)18-7-14/h3-4,7,12-13,21H,5,8-11H2,1-2H3/t12-,13+/m0/s1. The maximum absolute atomic E-state index is 12.6. The highest BCUT2D eigenvalue weighted by Crippen LogP contribution is 2.23. The Morgan fingerprint density at radius 3 is 2.73 bits per heavy atom. The lowest BCUT2D eigenvalue weighted by atomic mass is 9.89. The minimum atomic E-state index is -0.0844. The SMILES string of the molecule is CN(C)C[C@@H]1C[C@@H](CO)CN(C(=O)c2ccc(C#N)nc2)C1. The van der Waals surface area contributed by atoms with Gasteiger partial charge in [-0.2, -0.15) is 5.26 Å². The van der Waals surface area contributed by atoms with Crippen LogP contribution in [0.1, 0.15) is 22.5 Å². The lowest BCUT2D eigenvalue weighted by molar-refractivity contribution is 0.0477. The maximum Gasteiger partial charge on any atom is 0.255 e. The summed E-state index contributed by atoms with van der Waals surface area (Å²) in [6, 6.07) is 5.13. The van der Waals surface area contributed by atoms with Crippen LogP contribution in [0.3, 0.4) is 0 Å². The predicted molar refractivity (Wildman–Crippen MR) is 82.1 cm³/mol. The third-order valence-corrected chi connectivity index (χ3v) is 3.92. The van der Waals surface area contributed by atoms with E-state index in [0.29, 0.717) is 30.3 Å². The fraction of sp³-hybridized carbons (Fsp3) is 0.562. The van der Waals surface area contributed by atoms with Crippen LogP contribution in [-0.4, -0.2) is 66.1 Å². The highest BCUT2D eigenvalue weighted by molar-refractivity contribution is 5.94. The van der Waals surface area contributed by atoms with Crippen LogP contribution in [0.2, 0.25) is 0 Å². The van der Waals surface area contributed by atoms with E-state index in [1.165, 1.54) is 6.20 Å². The van der Waals surface area contributed by atoms with Crippen molar-refractivity contribution in [1.29, 1.82) is 5.26 Å². The molecule has 1 fully saturated rings. The van der Waals surface area contributed by atoms with Crippen LogP contribution in [0.15, 0.2) is 18.3 Å². The van der Waals surface area contributed by atoms with E-state index in [-0.39, 0.29) is 18.4 Å². The van der Waals surface area contributed by atoms with Gasteiger partial charge in [-0.25, -0.2) is 4.98 Å². The summed E-state index contributed by atoms with van der Waals surface area (Å²) < 4.78 is 0. The molecule has 0 aliphatic carbocycles. The number of hydrogen-bond acceptors (Lipinski definition) is 5. The van der Waals surface area contributed by atoms with Gasteiger partial charge in [0.05, 0.1) is 5.56 Å². The number of carbonyl (C=O) groups is 1. The monoisotopic (exact) mass is 302 g/mol. The molecule has 118 valence electrons. The number of amides is 1. The van der Waals surface area contributed by atoms with Gasteiger partial charge in [-0.3, -0.25) is 4.79 Å². The topological polar surface area (TPSA) is 80.5 Å². The third kappa shape index (κ3) is 4.03. The molecule has 1 N–H and O–H groups in total. The first-order valence-corrected chi connectivity index (χ1v) is 7.44. The summed E-state index contributed by atoms with van der Waals surface area (Å²) in [5.41, 5.74) is 0.787. The summed E-state index contributed by atoms with van der Waals surface area (Å²) in [6.45, 7) is 2.25. The fourth-order valence-corrected chi connectivity index (χ4v) is 3.03. The number of pyridine rings is 1. The zero-order valence-corrected chi connectivity index (χ0v) is 13.1. The van der Waals surface area contributed by atoms with Crippen molar-refractivity contribution in [3.63, 3.8) is 0 Å². The van der Waals surface area contributed by atoms with E-state index in [1.807, 2.05) is 20.2 Å². The number of aliphatic hydroxyl groups excluding tert-OH is 1. The quantitative estimate of drug-likeness (QED) is 0.880. The maximum atomic E-state index is 12.6. The Hall–Kier alpha value is -1.97. The van der Waals surface area contributed by atoms with E-state index in [4.69, 9.17) is 5.26 Å². The molecule has 1 aromatic rings. The summed E-state index contributed by atoms with van der Waals surface area (Å²) >= 11 is 0. The number of rotatable bonds is 4. The molecule has 0 aromatic carbocycles. The van der Waals surface area contributed by atoms with Gasteiger partial charge in [-0.05, 0) is 44.5 Å². The van der Waals surface area contributed by atoms with Gasteiger partial charge in [-0.1, -0.05) is 0 Å². The molecule has 1 aromatic heterocycles. The first kappa shape index (κ1) is 16.4. The largest absolute Gasteiger partial charge is 0.396 e. The molecule has 0 spiro atoms. The predicted octanol–water partition coefficient (Wildman–Crippen LogP) is 0.585. The molecular formula is C16H22N4O2. The molecule has 6 heteroatoms.